The van der Waals surface area contributed by atoms with Gasteiger partial charge >= 0.3 is 0 Å². The first-order chi connectivity index (χ1) is 11.9. The van der Waals surface area contributed by atoms with Gasteiger partial charge in [0.2, 0.25) is 0 Å². The minimum absolute atomic E-state index is 0.0279. The number of Topliss-reactive ketones (excluding diaryl/α,β-unsaturated/α-hetero) is 1. The number of rotatable bonds is 8. The SMILES string of the molecule is CCc1nc(C)cc(=O)n1CCOc1ccc(CC(C)C(C)=O)cc1. The lowest BCUT2D eigenvalue weighted by Crippen LogP contribution is -2.27. The average Bonchev–Trinajstić information content (AvgIpc) is 2.57. The van der Waals surface area contributed by atoms with E-state index in [2.05, 4.69) is 4.98 Å². The molecule has 0 radical (unpaired) electrons. The molecule has 0 N–H and O–H groups in total. The summed E-state index contributed by atoms with van der Waals surface area (Å²) in [6.07, 6.45) is 1.44. The van der Waals surface area contributed by atoms with Crippen LogP contribution in [0.4, 0.5) is 0 Å². The molecule has 1 atom stereocenters. The fourth-order valence-corrected chi connectivity index (χ4v) is 2.66. The molecule has 0 aliphatic heterocycles. The largest absolute Gasteiger partial charge is 0.492 e. The Labute approximate surface area is 148 Å². The maximum Gasteiger partial charge on any atom is 0.253 e. The molecule has 25 heavy (non-hydrogen) atoms. The molecule has 0 bridgehead atoms. The second-order valence-electron chi connectivity index (χ2n) is 6.37. The third kappa shape index (κ3) is 5.28. The molecule has 0 amide bonds. The van der Waals surface area contributed by atoms with Crippen LogP contribution in [-0.4, -0.2) is 21.9 Å². The Balaban J connectivity index is 1.94. The topological polar surface area (TPSA) is 61.2 Å². The lowest BCUT2D eigenvalue weighted by atomic mass is 9.98. The predicted octanol–water partition coefficient (Wildman–Crippen LogP) is 2.96. The average molecular weight is 342 g/mol. The Kier molecular flexibility index (Phi) is 6.51. The second kappa shape index (κ2) is 8.60. The van der Waals surface area contributed by atoms with Crippen molar-refractivity contribution in [1.82, 2.24) is 9.55 Å². The fourth-order valence-electron chi connectivity index (χ4n) is 2.66. The zero-order chi connectivity index (χ0) is 18.4. The number of ketones is 1. The summed E-state index contributed by atoms with van der Waals surface area (Å²) in [4.78, 5) is 27.8. The number of nitrogens with zero attached hydrogens (tertiary/aromatic N) is 2. The molecule has 2 aromatic rings. The van der Waals surface area contributed by atoms with Gasteiger partial charge in [-0.05, 0) is 38.0 Å². The highest BCUT2D eigenvalue weighted by Crippen LogP contribution is 2.15. The van der Waals surface area contributed by atoms with Crippen molar-refractivity contribution in [3.05, 3.63) is 57.8 Å². The fraction of sp³-hybridized carbons (Fsp3) is 0.450. The third-order valence-corrected chi connectivity index (χ3v) is 4.27. The molecule has 0 fully saturated rings. The third-order valence-electron chi connectivity index (χ3n) is 4.27. The monoisotopic (exact) mass is 342 g/mol. The summed E-state index contributed by atoms with van der Waals surface area (Å²) in [5.41, 5.74) is 1.82. The van der Waals surface area contributed by atoms with E-state index in [1.165, 1.54) is 0 Å². The first-order valence-electron chi connectivity index (χ1n) is 8.70. The van der Waals surface area contributed by atoms with Gasteiger partial charge < -0.3 is 4.74 Å². The van der Waals surface area contributed by atoms with Gasteiger partial charge in [-0.1, -0.05) is 26.0 Å². The first kappa shape index (κ1) is 18.9. The van der Waals surface area contributed by atoms with Crippen LogP contribution in [0.1, 0.15) is 37.9 Å². The van der Waals surface area contributed by atoms with Gasteiger partial charge in [0.05, 0.1) is 6.54 Å². The van der Waals surface area contributed by atoms with E-state index in [0.29, 0.717) is 19.6 Å². The standard InChI is InChI=1S/C20H26N2O3/c1-5-19-21-15(3)13-20(24)22(19)10-11-25-18-8-6-17(7-9-18)12-14(2)16(4)23/h6-9,13-14H,5,10-12H2,1-4H3. The van der Waals surface area contributed by atoms with Gasteiger partial charge in [0.15, 0.2) is 0 Å². The van der Waals surface area contributed by atoms with E-state index >= 15 is 0 Å². The van der Waals surface area contributed by atoms with E-state index in [1.54, 1.807) is 17.6 Å². The van der Waals surface area contributed by atoms with Crippen molar-refractivity contribution in [3.63, 3.8) is 0 Å². The molecule has 134 valence electrons. The number of carbonyl (C=O) groups excluding carboxylic acids is 1. The minimum atomic E-state index is -0.0403. The van der Waals surface area contributed by atoms with Gasteiger partial charge in [-0.25, -0.2) is 4.98 Å². The Morgan fingerprint density at radius 1 is 1.28 bits per heavy atom. The number of hydrogen-bond acceptors (Lipinski definition) is 4. The molecular weight excluding hydrogens is 316 g/mol. The van der Waals surface area contributed by atoms with Gasteiger partial charge in [0, 0.05) is 24.1 Å². The van der Waals surface area contributed by atoms with Gasteiger partial charge in [-0.15, -0.1) is 0 Å². The van der Waals surface area contributed by atoms with Crippen LogP contribution in [-0.2, 0) is 24.2 Å². The van der Waals surface area contributed by atoms with Crippen molar-refractivity contribution < 1.29 is 9.53 Å². The summed E-state index contributed by atoms with van der Waals surface area (Å²) in [6, 6.07) is 9.31. The van der Waals surface area contributed by atoms with Crippen LogP contribution >= 0.6 is 0 Å². The van der Waals surface area contributed by atoms with E-state index in [4.69, 9.17) is 4.74 Å². The van der Waals surface area contributed by atoms with Crippen LogP contribution < -0.4 is 10.3 Å². The summed E-state index contributed by atoms with van der Waals surface area (Å²) in [5, 5.41) is 0. The summed E-state index contributed by atoms with van der Waals surface area (Å²) >= 11 is 0. The van der Waals surface area contributed by atoms with Gasteiger partial charge in [0.1, 0.15) is 24.0 Å². The number of aromatic nitrogens is 2. The maximum atomic E-state index is 12.1. The number of carbonyl (C=O) groups is 1. The Morgan fingerprint density at radius 3 is 2.56 bits per heavy atom. The molecule has 1 unspecified atom stereocenters. The molecule has 1 aromatic carbocycles. The van der Waals surface area contributed by atoms with Crippen LogP contribution in [0.3, 0.4) is 0 Å². The lowest BCUT2D eigenvalue weighted by molar-refractivity contribution is -0.120. The molecular formula is C20H26N2O3. The highest BCUT2D eigenvalue weighted by Gasteiger charge is 2.09. The molecule has 0 spiro atoms. The summed E-state index contributed by atoms with van der Waals surface area (Å²) in [6.45, 7) is 8.24. The van der Waals surface area contributed by atoms with E-state index < -0.39 is 0 Å². The van der Waals surface area contributed by atoms with E-state index in [0.717, 1.165) is 29.3 Å². The van der Waals surface area contributed by atoms with E-state index in [-0.39, 0.29) is 17.3 Å². The molecule has 0 saturated heterocycles. The summed E-state index contributed by atoms with van der Waals surface area (Å²) in [5.74, 6) is 1.76. The zero-order valence-electron chi connectivity index (χ0n) is 15.4. The molecule has 2 rings (SSSR count). The normalized spacial score (nSPS) is 12.0. The van der Waals surface area contributed by atoms with Crippen molar-refractivity contribution in [3.8, 4) is 5.75 Å². The molecule has 5 nitrogen and oxygen atoms in total. The molecule has 0 saturated carbocycles. The Bertz CT molecular complexity index is 779. The van der Waals surface area contributed by atoms with E-state index in [9.17, 15) is 9.59 Å². The van der Waals surface area contributed by atoms with Crippen molar-refractivity contribution in [2.45, 2.75) is 47.1 Å². The highest BCUT2D eigenvalue weighted by molar-refractivity contribution is 5.78. The number of aryl methyl sites for hydroxylation is 2. The van der Waals surface area contributed by atoms with E-state index in [1.807, 2.05) is 45.0 Å². The van der Waals surface area contributed by atoms with Crippen LogP contribution in [0.5, 0.6) is 5.75 Å². The van der Waals surface area contributed by atoms with Crippen molar-refractivity contribution >= 4 is 5.78 Å². The first-order valence-corrected chi connectivity index (χ1v) is 8.70. The second-order valence-corrected chi connectivity index (χ2v) is 6.37. The van der Waals surface area contributed by atoms with Crippen molar-refractivity contribution in [2.24, 2.45) is 5.92 Å². The molecule has 1 heterocycles. The van der Waals surface area contributed by atoms with Crippen LogP contribution in [0, 0.1) is 12.8 Å². The maximum absolute atomic E-state index is 12.1. The van der Waals surface area contributed by atoms with Crippen molar-refractivity contribution in [2.75, 3.05) is 6.61 Å². The molecule has 5 heteroatoms. The minimum Gasteiger partial charge on any atom is -0.492 e. The summed E-state index contributed by atoms with van der Waals surface area (Å²) < 4.78 is 7.41. The summed E-state index contributed by atoms with van der Waals surface area (Å²) in [7, 11) is 0. The Hall–Kier alpha value is -2.43. The van der Waals surface area contributed by atoms with Crippen LogP contribution in [0.2, 0.25) is 0 Å². The number of benzene rings is 1. The Morgan fingerprint density at radius 2 is 1.96 bits per heavy atom. The predicted molar refractivity (Wildman–Crippen MR) is 98.1 cm³/mol. The lowest BCUT2D eigenvalue weighted by Gasteiger charge is -2.13. The molecule has 1 aromatic heterocycles. The van der Waals surface area contributed by atoms with Gasteiger partial charge in [-0.2, -0.15) is 0 Å². The zero-order valence-corrected chi connectivity index (χ0v) is 15.4. The number of ether oxygens (including phenoxy) is 1. The number of hydrogen-bond donors (Lipinski definition) is 0. The van der Waals surface area contributed by atoms with Gasteiger partial charge in [-0.3, -0.25) is 14.2 Å². The van der Waals surface area contributed by atoms with Crippen LogP contribution in [0.25, 0.3) is 0 Å². The smallest absolute Gasteiger partial charge is 0.253 e. The van der Waals surface area contributed by atoms with Crippen LogP contribution in [0.15, 0.2) is 35.1 Å². The molecule has 0 aliphatic carbocycles. The highest BCUT2D eigenvalue weighted by atomic mass is 16.5. The van der Waals surface area contributed by atoms with Gasteiger partial charge in [0.25, 0.3) is 5.56 Å². The quantitative estimate of drug-likeness (QED) is 0.740. The molecule has 0 aliphatic rings. The van der Waals surface area contributed by atoms with Crippen molar-refractivity contribution in [1.29, 1.82) is 0 Å².